The lowest BCUT2D eigenvalue weighted by Crippen LogP contribution is -2.33. The third-order valence-electron chi connectivity index (χ3n) is 4.05. The Balaban J connectivity index is 1.98. The highest BCUT2D eigenvalue weighted by Gasteiger charge is 2.34. The Labute approximate surface area is 129 Å². The van der Waals surface area contributed by atoms with E-state index in [1.807, 2.05) is 30.3 Å². The van der Waals surface area contributed by atoms with Crippen LogP contribution in [0.15, 0.2) is 42.5 Å². The minimum Gasteiger partial charge on any atom is -0.385 e. The lowest BCUT2D eigenvalue weighted by molar-refractivity contribution is 0.0190. The summed E-state index contributed by atoms with van der Waals surface area (Å²) in [6, 6.07) is 13.6. The normalized spacial score (nSPS) is 21.6. The van der Waals surface area contributed by atoms with Crippen molar-refractivity contribution in [2.24, 2.45) is 0 Å². The lowest BCUT2D eigenvalue weighted by atomic mass is 9.76. The molecule has 0 aromatic heterocycles. The van der Waals surface area contributed by atoms with Crippen molar-refractivity contribution >= 4 is 23.2 Å². The van der Waals surface area contributed by atoms with Crippen LogP contribution in [0.1, 0.15) is 29.5 Å². The van der Waals surface area contributed by atoms with Crippen molar-refractivity contribution in [1.29, 1.82) is 0 Å². The molecular formula is C17H16Cl2O. The molecule has 0 radical (unpaired) electrons. The Morgan fingerprint density at radius 2 is 1.90 bits per heavy atom. The second-order valence-electron chi connectivity index (χ2n) is 5.45. The first-order chi connectivity index (χ1) is 9.58. The van der Waals surface area contributed by atoms with Crippen LogP contribution in [0.5, 0.6) is 0 Å². The van der Waals surface area contributed by atoms with Crippen LogP contribution in [0.2, 0.25) is 10.0 Å². The van der Waals surface area contributed by atoms with E-state index in [0.717, 1.165) is 30.4 Å². The molecule has 1 N–H and O–H groups in total. The molecule has 0 amide bonds. The van der Waals surface area contributed by atoms with E-state index in [4.69, 9.17) is 23.2 Å². The van der Waals surface area contributed by atoms with Crippen LogP contribution in [-0.4, -0.2) is 5.11 Å². The summed E-state index contributed by atoms with van der Waals surface area (Å²) in [5, 5.41) is 12.3. The molecule has 104 valence electrons. The van der Waals surface area contributed by atoms with Gasteiger partial charge in [0, 0.05) is 16.5 Å². The molecule has 20 heavy (non-hydrogen) atoms. The molecule has 0 heterocycles. The zero-order valence-electron chi connectivity index (χ0n) is 11.1. The SMILES string of the molecule is OC1(Cc2ccc(Cl)cc2Cl)CCCc2ccccc21. The summed E-state index contributed by atoms with van der Waals surface area (Å²) in [5.74, 6) is 0. The van der Waals surface area contributed by atoms with E-state index < -0.39 is 5.60 Å². The van der Waals surface area contributed by atoms with E-state index in [9.17, 15) is 5.11 Å². The second-order valence-corrected chi connectivity index (χ2v) is 6.30. The van der Waals surface area contributed by atoms with Gasteiger partial charge in [-0.15, -0.1) is 0 Å². The Hall–Kier alpha value is -1.02. The zero-order valence-corrected chi connectivity index (χ0v) is 12.6. The van der Waals surface area contributed by atoms with Crippen molar-refractivity contribution in [3.63, 3.8) is 0 Å². The minimum atomic E-state index is -0.827. The molecule has 1 aliphatic rings. The Morgan fingerprint density at radius 1 is 1.10 bits per heavy atom. The molecule has 0 saturated heterocycles. The summed E-state index contributed by atoms with van der Waals surface area (Å²) in [4.78, 5) is 0. The van der Waals surface area contributed by atoms with Crippen LogP contribution in [0.4, 0.5) is 0 Å². The monoisotopic (exact) mass is 306 g/mol. The minimum absolute atomic E-state index is 0.528. The standard InChI is InChI=1S/C17H16Cl2O/c18-14-8-7-13(16(19)10-14)11-17(20)9-3-5-12-4-1-2-6-15(12)17/h1-2,4,6-8,10,20H,3,5,9,11H2. The molecule has 1 aliphatic carbocycles. The first-order valence-corrected chi connectivity index (χ1v) is 7.59. The zero-order chi connectivity index (χ0) is 14.2. The summed E-state index contributed by atoms with van der Waals surface area (Å²) in [7, 11) is 0. The maximum Gasteiger partial charge on any atom is 0.0940 e. The van der Waals surface area contributed by atoms with Gasteiger partial charge in [0.05, 0.1) is 5.60 Å². The van der Waals surface area contributed by atoms with Crippen LogP contribution >= 0.6 is 23.2 Å². The predicted octanol–water partition coefficient (Wildman–Crippen LogP) is 4.76. The molecule has 3 rings (SSSR count). The molecule has 2 aromatic rings. The number of fused-ring (bicyclic) bond motifs is 1. The van der Waals surface area contributed by atoms with Gasteiger partial charge in [-0.25, -0.2) is 0 Å². The lowest BCUT2D eigenvalue weighted by Gasteiger charge is -2.35. The van der Waals surface area contributed by atoms with Crippen molar-refractivity contribution < 1.29 is 5.11 Å². The summed E-state index contributed by atoms with van der Waals surface area (Å²) >= 11 is 12.2. The fourth-order valence-corrected chi connectivity index (χ4v) is 3.54. The first kappa shape index (κ1) is 13.9. The number of hydrogen-bond acceptors (Lipinski definition) is 1. The summed E-state index contributed by atoms with van der Waals surface area (Å²) in [6.07, 6.45) is 3.33. The average molecular weight is 307 g/mol. The van der Waals surface area contributed by atoms with Crippen molar-refractivity contribution in [3.8, 4) is 0 Å². The molecule has 3 heteroatoms. The summed E-state index contributed by atoms with van der Waals surface area (Å²) in [5.41, 5.74) is 2.39. The molecule has 1 unspecified atom stereocenters. The van der Waals surface area contributed by atoms with Crippen LogP contribution in [0, 0.1) is 0 Å². The topological polar surface area (TPSA) is 20.2 Å². The van der Waals surface area contributed by atoms with Crippen molar-refractivity contribution in [3.05, 3.63) is 69.2 Å². The molecule has 0 saturated carbocycles. The van der Waals surface area contributed by atoms with Crippen LogP contribution in [0.25, 0.3) is 0 Å². The van der Waals surface area contributed by atoms with E-state index >= 15 is 0 Å². The van der Waals surface area contributed by atoms with E-state index in [0.29, 0.717) is 16.5 Å². The van der Waals surface area contributed by atoms with Gasteiger partial charge >= 0.3 is 0 Å². The highest BCUT2D eigenvalue weighted by atomic mass is 35.5. The predicted molar refractivity (Wildman–Crippen MR) is 83.4 cm³/mol. The van der Waals surface area contributed by atoms with Crippen LogP contribution < -0.4 is 0 Å². The number of halogens is 2. The van der Waals surface area contributed by atoms with E-state index in [-0.39, 0.29) is 0 Å². The van der Waals surface area contributed by atoms with Gasteiger partial charge in [-0.3, -0.25) is 0 Å². The number of aliphatic hydroxyl groups is 1. The van der Waals surface area contributed by atoms with Crippen LogP contribution in [-0.2, 0) is 18.4 Å². The maximum absolute atomic E-state index is 11.1. The van der Waals surface area contributed by atoms with Crippen molar-refractivity contribution in [2.75, 3.05) is 0 Å². The van der Waals surface area contributed by atoms with Gasteiger partial charge in [-0.05, 0) is 48.1 Å². The number of aryl methyl sites for hydroxylation is 1. The quantitative estimate of drug-likeness (QED) is 0.848. The average Bonchev–Trinajstić information content (AvgIpc) is 2.43. The molecule has 0 fully saturated rings. The first-order valence-electron chi connectivity index (χ1n) is 6.83. The van der Waals surface area contributed by atoms with E-state index in [2.05, 4.69) is 6.07 Å². The van der Waals surface area contributed by atoms with Gasteiger partial charge in [0.2, 0.25) is 0 Å². The molecule has 0 bridgehead atoms. The summed E-state index contributed by atoms with van der Waals surface area (Å²) < 4.78 is 0. The van der Waals surface area contributed by atoms with E-state index in [1.165, 1.54) is 5.56 Å². The van der Waals surface area contributed by atoms with Gasteiger partial charge < -0.3 is 5.11 Å². The number of benzene rings is 2. The molecule has 0 spiro atoms. The molecular weight excluding hydrogens is 291 g/mol. The largest absolute Gasteiger partial charge is 0.385 e. The number of hydrogen-bond donors (Lipinski definition) is 1. The molecule has 0 aliphatic heterocycles. The van der Waals surface area contributed by atoms with Crippen molar-refractivity contribution in [1.82, 2.24) is 0 Å². The molecule has 1 atom stereocenters. The summed E-state index contributed by atoms with van der Waals surface area (Å²) in [6.45, 7) is 0. The van der Waals surface area contributed by atoms with Gasteiger partial charge in [0.25, 0.3) is 0 Å². The fourth-order valence-electron chi connectivity index (χ4n) is 3.06. The molecule has 1 nitrogen and oxygen atoms in total. The Kier molecular flexibility index (Phi) is 3.76. The highest BCUT2D eigenvalue weighted by Crippen LogP contribution is 2.39. The third kappa shape index (κ3) is 2.58. The van der Waals surface area contributed by atoms with Gasteiger partial charge in [-0.1, -0.05) is 53.5 Å². The van der Waals surface area contributed by atoms with Crippen LogP contribution in [0.3, 0.4) is 0 Å². The smallest absolute Gasteiger partial charge is 0.0940 e. The molecule has 2 aromatic carbocycles. The maximum atomic E-state index is 11.1. The van der Waals surface area contributed by atoms with Gasteiger partial charge in [0.1, 0.15) is 0 Å². The second kappa shape index (κ2) is 5.40. The van der Waals surface area contributed by atoms with Gasteiger partial charge in [-0.2, -0.15) is 0 Å². The number of rotatable bonds is 2. The Morgan fingerprint density at radius 3 is 2.70 bits per heavy atom. The fraction of sp³-hybridized carbons (Fsp3) is 0.294. The van der Waals surface area contributed by atoms with Crippen molar-refractivity contribution in [2.45, 2.75) is 31.3 Å². The van der Waals surface area contributed by atoms with E-state index in [1.54, 1.807) is 6.07 Å². The van der Waals surface area contributed by atoms with Gasteiger partial charge in [0.15, 0.2) is 0 Å². The Bertz CT molecular complexity index is 639. The third-order valence-corrected chi connectivity index (χ3v) is 4.64. The highest BCUT2D eigenvalue weighted by molar-refractivity contribution is 6.35.